The van der Waals surface area contributed by atoms with E-state index < -0.39 is 0 Å². The van der Waals surface area contributed by atoms with Crippen LogP contribution in [0.25, 0.3) is 0 Å². The average molecular weight is 343 g/mol. The Hall–Kier alpha value is -2.60. The Bertz CT molecular complexity index is 793. The predicted molar refractivity (Wildman–Crippen MR) is 93.9 cm³/mol. The molecule has 0 radical (unpaired) electrons. The molecule has 0 aromatic heterocycles. The summed E-state index contributed by atoms with van der Waals surface area (Å²) in [4.78, 5) is 1.37. The Balaban J connectivity index is 1.77. The molecule has 2 aliphatic heterocycles. The number of benzene rings is 2. The Labute approximate surface area is 147 Å². The van der Waals surface area contributed by atoms with Crippen molar-refractivity contribution in [3.8, 4) is 23.0 Å². The Morgan fingerprint density at radius 3 is 2.84 bits per heavy atom. The Morgan fingerprint density at radius 2 is 2.04 bits per heavy atom. The molecule has 0 saturated heterocycles. The number of ether oxygens (including phenoxy) is 4. The first-order valence-corrected chi connectivity index (χ1v) is 8.43. The highest BCUT2D eigenvalue weighted by molar-refractivity contribution is 5.62. The van der Waals surface area contributed by atoms with Crippen LogP contribution in [0.4, 0.5) is 5.69 Å². The number of methoxy groups -OCH3 is 2. The summed E-state index contributed by atoms with van der Waals surface area (Å²) in [6.45, 7) is 1.27. The van der Waals surface area contributed by atoms with Gasteiger partial charge in [0.15, 0.2) is 17.7 Å². The van der Waals surface area contributed by atoms with E-state index in [1.54, 1.807) is 14.2 Å². The van der Waals surface area contributed by atoms with Gasteiger partial charge in [-0.15, -0.1) is 0 Å². The van der Waals surface area contributed by atoms with Crippen molar-refractivity contribution in [2.24, 2.45) is 0 Å². The van der Waals surface area contributed by atoms with Crippen LogP contribution in [0.2, 0.25) is 0 Å². The second-order valence-corrected chi connectivity index (χ2v) is 6.37. The van der Waals surface area contributed by atoms with Crippen molar-refractivity contribution in [3.05, 3.63) is 41.5 Å². The fourth-order valence-electron chi connectivity index (χ4n) is 3.60. The molecule has 0 bridgehead atoms. The van der Waals surface area contributed by atoms with E-state index in [0.717, 1.165) is 41.5 Å². The molecule has 2 aromatic carbocycles. The summed E-state index contributed by atoms with van der Waals surface area (Å²) in [6.07, 6.45) is 1.03. The smallest absolute Gasteiger partial charge is 0.231 e. The number of hydrogen-bond donors (Lipinski definition) is 2. The lowest BCUT2D eigenvalue weighted by molar-refractivity contribution is -0.910. The number of rotatable bonds is 4. The molecule has 6 heteroatoms. The maximum atomic E-state index is 5.73. The zero-order valence-corrected chi connectivity index (χ0v) is 14.7. The highest BCUT2D eigenvalue weighted by atomic mass is 16.7. The third-order valence-corrected chi connectivity index (χ3v) is 4.90. The number of nitrogens with one attached hydrogen (secondary N) is 2. The van der Waals surface area contributed by atoms with Gasteiger partial charge >= 0.3 is 0 Å². The number of quaternary nitrogens is 1. The Kier molecular flexibility index (Phi) is 4.05. The quantitative estimate of drug-likeness (QED) is 0.883. The SMILES string of the molecule is COc1cccc(N[C@H]2c3c(cc4c(c3OC)OCO4)CC[NH+]2C)c1. The van der Waals surface area contributed by atoms with E-state index in [4.69, 9.17) is 18.9 Å². The third kappa shape index (κ3) is 2.72. The van der Waals surface area contributed by atoms with E-state index >= 15 is 0 Å². The van der Waals surface area contributed by atoms with Crippen molar-refractivity contribution in [2.45, 2.75) is 12.6 Å². The van der Waals surface area contributed by atoms with Gasteiger partial charge in [0.2, 0.25) is 12.5 Å². The first kappa shape index (κ1) is 15.9. The van der Waals surface area contributed by atoms with Gasteiger partial charge in [0.1, 0.15) is 5.75 Å². The molecule has 0 saturated carbocycles. The molecule has 0 aliphatic carbocycles. The van der Waals surface area contributed by atoms with Gasteiger partial charge in [0.05, 0.1) is 33.4 Å². The van der Waals surface area contributed by atoms with E-state index in [1.165, 1.54) is 10.5 Å². The van der Waals surface area contributed by atoms with Crippen molar-refractivity contribution in [3.63, 3.8) is 0 Å². The van der Waals surface area contributed by atoms with Crippen molar-refractivity contribution >= 4 is 5.69 Å². The lowest BCUT2D eigenvalue weighted by atomic mass is 9.94. The summed E-state index contributed by atoms with van der Waals surface area (Å²) < 4.78 is 22.3. The summed E-state index contributed by atoms with van der Waals surface area (Å²) in [6, 6.07) is 10.1. The van der Waals surface area contributed by atoms with E-state index in [-0.39, 0.29) is 13.0 Å². The minimum absolute atomic E-state index is 0.0558. The molecule has 0 amide bonds. The molecule has 2 aromatic rings. The maximum absolute atomic E-state index is 5.73. The molecule has 1 unspecified atom stereocenters. The molecule has 6 nitrogen and oxygen atoms in total. The largest absolute Gasteiger partial charge is 0.497 e. The highest BCUT2D eigenvalue weighted by Gasteiger charge is 2.36. The van der Waals surface area contributed by atoms with Crippen molar-refractivity contribution < 1.29 is 23.8 Å². The zero-order chi connectivity index (χ0) is 17.4. The summed E-state index contributed by atoms with van der Waals surface area (Å²) in [5.41, 5.74) is 3.39. The van der Waals surface area contributed by atoms with Gasteiger partial charge in [-0.1, -0.05) is 6.07 Å². The van der Waals surface area contributed by atoms with Crippen LogP contribution in [0.1, 0.15) is 17.3 Å². The summed E-state index contributed by atoms with van der Waals surface area (Å²) >= 11 is 0. The van der Waals surface area contributed by atoms with Crippen LogP contribution < -0.4 is 29.2 Å². The van der Waals surface area contributed by atoms with E-state index in [1.807, 2.05) is 24.3 Å². The van der Waals surface area contributed by atoms with Gasteiger partial charge in [-0.25, -0.2) is 0 Å². The fraction of sp³-hybridized carbons (Fsp3) is 0.368. The molecule has 132 valence electrons. The summed E-state index contributed by atoms with van der Waals surface area (Å²) in [5, 5.41) is 3.63. The first-order chi connectivity index (χ1) is 12.2. The standard InChI is InChI=1S/C19H22N2O4/c1-21-8-7-12-9-15-17(25-11-24-15)18(23-3)16(12)19(21)20-13-5-4-6-14(10-13)22-2/h4-6,9-10,19-20H,7-8,11H2,1-3H3/p+1/t19-/m1/s1. The third-order valence-electron chi connectivity index (χ3n) is 4.90. The number of likely N-dealkylation sites (N-methyl/N-ethyl adjacent to an activating group) is 1. The van der Waals surface area contributed by atoms with Crippen LogP contribution in [0, 0.1) is 0 Å². The van der Waals surface area contributed by atoms with Gasteiger partial charge in [0, 0.05) is 18.2 Å². The monoisotopic (exact) mass is 343 g/mol. The number of hydrogen-bond acceptors (Lipinski definition) is 5. The lowest BCUT2D eigenvalue weighted by Crippen LogP contribution is -3.11. The highest BCUT2D eigenvalue weighted by Crippen LogP contribution is 2.47. The molecule has 0 fully saturated rings. The predicted octanol–water partition coefficient (Wildman–Crippen LogP) is 1.61. The maximum Gasteiger partial charge on any atom is 0.231 e. The minimum Gasteiger partial charge on any atom is -0.497 e. The van der Waals surface area contributed by atoms with Gasteiger partial charge < -0.3 is 29.2 Å². The second-order valence-electron chi connectivity index (χ2n) is 6.37. The second kappa shape index (κ2) is 6.37. The molecular weight excluding hydrogens is 320 g/mol. The zero-order valence-electron chi connectivity index (χ0n) is 14.7. The topological polar surface area (TPSA) is 53.4 Å². The van der Waals surface area contributed by atoms with Crippen LogP contribution in [0.3, 0.4) is 0 Å². The van der Waals surface area contributed by atoms with Crippen LogP contribution in [-0.2, 0) is 6.42 Å². The van der Waals surface area contributed by atoms with E-state index in [2.05, 4.69) is 18.4 Å². The van der Waals surface area contributed by atoms with Gasteiger partial charge in [-0.3, -0.25) is 0 Å². The molecule has 25 heavy (non-hydrogen) atoms. The average Bonchev–Trinajstić information content (AvgIpc) is 3.10. The molecule has 4 rings (SSSR count). The van der Waals surface area contributed by atoms with Crippen molar-refractivity contribution in [2.75, 3.05) is 39.9 Å². The molecule has 0 spiro atoms. The van der Waals surface area contributed by atoms with Gasteiger partial charge in [-0.05, 0) is 23.8 Å². The normalized spacial score (nSPS) is 20.8. The molecule has 2 N–H and O–H groups in total. The van der Waals surface area contributed by atoms with Crippen LogP contribution in [0.5, 0.6) is 23.0 Å². The van der Waals surface area contributed by atoms with E-state index in [9.17, 15) is 0 Å². The lowest BCUT2D eigenvalue weighted by Gasteiger charge is -2.33. The fourth-order valence-corrected chi connectivity index (χ4v) is 3.60. The molecule has 2 aliphatic rings. The minimum atomic E-state index is 0.0558. The molecular formula is C19H23N2O4+. The Morgan fingerprint density at radius 1 is 1.16 bits per heavy atom. The van der Waals surface area contributed by atoms with Crippen LogP contribution >= 0.6 is 0 Å². The van der Waals surface area contributed by atoms with E-state index in [0.29, 0.717) is 5.75 Å². The number of anilines is 1. The number of fused-ring (bicyclic) bond motifs is 2. The summed E-state index contributed by atoms with van der Waals surface area (Å²) in [7, 11) is 5.55. The molecule has 2 atom stereocenters. The summed E-state index contributed by atoms with van der Waals surface area (Å²) in [5.74, 6) is 3.07. The van der Waals surface area contributed by atoms with Gasteiger partial charge in [-0.2, -0.15) is 0 Å². The van der Waals surface area contributed by atoms with Crippen molar-refractivity contribution in [1.82, 2.24) is 0 Å². The van der Waals surface area contributed by atoms with Gasteiger partial charge in [0.25, 0.3) is 0 Å². The van der Waals surface area contributed by atoms with Crippen LogP contribution in [0.15, 0.2) is 30.3 Å². The first-order valence-electron chi connectivity index (χ1n) is 8.43. The molecule has 2 heterocycles. The van der Waals surface area contributed by atoms with Crippen LogP contribution in [-0.4, -0.2) is 34.6 Å². The van der Waals surface area contributed by atoms with Crippen molar-refractivity contribution in [1.29, 1.82) is 0 Å².